The summed E-state index contributed by atoms with van der Waals surface area (Å²) in [5.74, 6) is 0.364. The van der Waals surface area contributed by atoms with E-state index in [9.17, 15) is 4.79 Å². The van der Waals surface area contributed by atoms with Crippen molar-refractivity contribution in [3.05, 3.63) is 75.7 Å². The molecule has 4 aromatic heterocycles. The van der Waals surface area contributed by atoms with Crippen LogP contribution in [0.3, 0.4) is 0 Å². The highest BCUT2D eigenvalue weighted by Gasteiger charge is 2.18. The summed E-state index contributed by atoms with van der Waals surface area (Å²) in [5, 5.41) is 4.11. The number of rotatable bonds is 5. The number of fused-ring (bicyclic) bond motifs is 2. The largest absolute Gasteiger partial charge is 0.371 e. The van der Waals surface area contributed by atoms with Crippen LogP contribution in [0.4, 0.5) is 10.2 Å². The van der Waals surface area contributed by atoms with E-state index in [0.717, 1.165) is 35.2 Å². The highest BCUT2D eigenvalue weighted by atomic mass is 19.1. The second-order valence-electron chi connectivity index (χ2n) is 8.25. The topological polar surface area (TPSA) is 86.8 Å². The Kier molecular flexibility index (Phi) is 5.60. The van der Waals surface area contributed by atoms with Crippen molar-refractivity contribution in [2.45, 2.75) is 26.3 Å². The van der Waals surface area contributed by atoms with E-state index in [4.69, 9.17) is 0 Å². The van der Waals surface area contributed by atoms with Gasteiger partial charge in [-0.25, -0.2) is 9.37 Å². The third-order valence-corrected chi connectivity index (χ3v) is 6.23. The van der Waals surface area contributed by atoms with Gasteiger partial charge in [-0.1, -0.05) is 13.0 Å². The number of anilines is 1. The van der Waals surface area contributed by atoms with Gasteiger partial charge in [-0.3, -0.25) is 19.7 Å². The molecule has 0 saturated carbocycles. The van der Waals surface area contributed by atoms with Gasteiger partial charge in [-0.05, 0) is 42.2 Å². The van der Waals surface area contributed by atoms with Crippen LogP contribution in [0.15, 0.2) is 47.7 Å². The summed E-state index contributed by atoms with van der Waals surface area (Å²) < 4.78 is 15.1. The Morgan fingerprint density at radius 1 is 1.18 bits per heavy atom. The molecule has 33 heavy (non-hydrogen) atoms. The number of aromatic amines is 1. The molecule has 168 valence electrons. The number of aryl methyl sites for hydroxylation is 1. The summed E-state index contributed by atoms with van der Waals surface area (Å²) in [6.07, 6.45) is 8.85. The Morgan fingerprint density at radius 3 is 2.82 bits per heavy atom. The minimum atomic E-state index is -0.401. The second kappa shape index (κ2) is 8.71. The zero-order valence-electron chi connectivity index (χ0n) is 18.7. The van der Waals surface area contributed by atoms with Gasteiger partial charge in [0.2, 0.25) is 0 Å². The smallest absolute Gasteiger partial charge is 0.251 e. The molecule has 0 atom stereocenters. The zero-order chi connectivity index (χ0) is 22.9. The van der Waals surface area contributed by atoms with Gasteiger partial charge in [0, 0.05) is 61.8 Å². The molecule has 0 aromatic carbocycles. The first-order chi connectivity index (χ1) is 16.1. The molecule has 8 heteroatoms. The minimum Gasteiger partial charge on any atom is -0.371 e. The number of H-pyrrole nitrogens is 1. The van der Waals surface area contributed by atoms with Crippen LogP contribution < -0.4 is 10.9 Å². The van der Waals surface area contributed by atoms with Crippen molar-refractivity contribution in [2.24, 2.45) is 0 Å². The SMILES string of the molecule is CCc1cc2ncc(CN3CC=C(c4cnc5c(NC)nccc5c4)CC3)c(F)c2[nH]c1=O. The molecule has 0 amide bonds. The molecule has 4 aromatic rings. The van der Waals surface area contributed by atoms with Crippen LogP contribution in [-0.4, -0.2) is 45.0 Å². The van der Waals surface area contributed by atoms with E-state index >= 15 is 4.39 Å². The molecule has 7 nitrogen and oxygen atoms in total. The Morgan fingerprint density at radius 2 is 2.06 bits per heavy atom. The Bertz CT molecular complexity index is 1440. The molecular formula is C25H25FN6O. The van der Waals surface area contributed by atoms with E-state index in [1.54, 1.807) is 18.5 Å². The van der Waals surface area contributed by atoms with Crippen molar-refractivity contribution < 1.29 is 4.39 Å². The Hall–Kier alpha value is -3.65. The lowest BCUT2D eigenvalue weighted by molar-refractivity contribution is 0.289. The van der Waals surface area contributed by atoms with Gasteiger partial charge in [-0.15, -0.1) is 0 Å². The average molecular weight is 445 g/mol. The van der Waals surface area contributed by atoms with E-state index in [1.807, 2.05) is 26.2 Å². The summed E-state index contributed by atoms with van der Waals surface area (Å²) in [7, 11) is 1.84. The number of halogens is 1. The zero-order valence-corrected chi connectivity index (χ0v) is 18.7. The van der Waals surface area contributed by atoms with E-state index in [2.05, 4.69) is 42.3 Å². The van der Waals surface area contributed by atoms with Gasteiger partial charge >= 0.3 is 0 Å². The van der Waals surface area contributed by atoms with Crippen LogP contribution in [0.5, 0.6) is 0 Å². The summed E-state index contributed by atoms with van der Waals surface area (Å²) in [6.45, 7) is 3.83. The highest BCUT2D eigenvalue weighted by Crippen LogP contribution is 2.27. The number of nitrogens with one attached hydrogen (secondary N) is 2. The molecule has 1 aliphatic heterocycles. The first-order valence-electron chi connectivity index (χ1n) is 11.1. The predicted molar refractivity (Wildman–Crippen MR) is 129 cm³/mol. The number of hydrogen-bond acceptors (Lipinski definition) is 6. The van der Waals surface area contributed by atoms with Gasteiger partial charge in [0.1, 0.15) is 11.0 Å². The third-order valence-electron chi connectivity index (χ3n) is 6.23. The lowest BCUT2D eigenvalue weighted by atomic mass is 9.99. The fourth-order valence-corrected chi connectivity index (χ4v) is 4.34. The molecule has 0 radical (unpaired) electrons. The molecule has 2 N–H and O–H groups in total. The number of aromatic nitrogens is 4. The van der Waals surface area contributed by atoms with Crippen LogP contribution in [0.2, 0.25) is 0 Å². The third kappa shape index (κ3) is 3.98. The van der Waals surface area contributed by atoms with Gasteiger partial charge in [-0.2, -0.15) is 0 Å². The summed E-state index contributed by atoms with van der Waals surface area (Å²) in [6, 6.07) is 5.77. The highest BCUT2D eigenvalue weighted by molar-refractivity contribution is 5.90. The number of pyridine rings is 4. The van der Waals surface area contributed by atoms with Crippen molar-refractivity contribution in [2.75, 3.05) is 25.5 Å². The fraction of sp³-hybridized carbons (Fsp3) is 0.280. The molecule has 1 aliphatic rings. The van der Waals surface area contributed by atoms with Crippen molar-refractivity contribution >= 4 is 33.3 Å². The quantitative estimate of drug-likeness (QED) is 0.486. The predicted octanol–water partition coefficient (Wildman–Crippen LogP) is 3.90. The Labute approximate surface area is 190 Å². The van der Waals surface area contributed by atoms with Crippen LogP contribution in [0, 0.1) is 5.82 Å². The normalized spacial score (nSPS) is 14.6. The van der Waals surface area contributed by atoms with Crippen molar-refractivity contribution in [3.8, 4) is 0 Å². The lowest BCUT2D eigenvalue weighted by Gasteiger charge is -2.26. The summed E-state index contributed by atoms with van der Waals surface area (Å²) in [4.78, 5) is 30.3. The van der Waals surface area contributed by atoms with Crippen LogP contribution in [0.25, 0.3) is 27.5 Å². The van der Waals surface area contributed by atoms with Crippen LogP contribution in [-0.2, 0) is 13.0 Å². The molecule has 0 unspecified atom stereocenters. The molecule has 0 aliphatic carbocycles. The minimum absolute atomic E-state index is 0.181. The maximum Gasteiger partial charge on any atom is 0.251 e. The van der Waals surface area contributed by atoms with Crippen molar-refractivity contribution in [3.63, 3.8) is 0 Å². The average Bonchev–Trinajstić information content (AvgIpc) is 2.85. The van der Waals surface area contributed by atoms with Gasteiger partial charge in [0.25, 0.3) is 5.56 Å². The molecule has 0 bridgehead atoms. The molecule has 0 spiro atoms. The lowest BCUT2D eigenvalue weighted by Crippen LogP contribution is -2.28. The van der Waals surface area contributed by atoms with Crippen molar-refractivity contribution in [1.29, 1.82) is 0 Å². The molecule has 0 saturated heterocycles. The number of nitrogens with zero attached hydrogens (tertiary/aromatic N) is 4. The standard InChI is InChI=1S/C25H25FN6O/c1-3-15-11-20-23(31-25(15)33)21(26)19(13-29-20)14-32-8-5-16(6-9-32)18-10-17-4-7-28-24(27-2)22(17)30-12-18/h4-5,7,10-13H,3,6,8-9,14H2,1-2H3,(H,27,28)(H,31,33). The molecule has 5 heterocycles. The summed E-state index contributed by atoms with van der Waals surface area (Å²) >= 11 is 0. The van der Waals surface area contributed by atoms with Crippen LogP contribution in [0.1, 0.15) is 30.0 Å². The van der Waals surface area contributed by atoms with E-state index in [-0.39, 0.29) is 11.1 Å². The molecular weight excluding hydrogens is 419 g/mol. The second-order valence-corrected chi connectivity index (χ2v) is 8.25. The van der Waals surface area contributed by atoms with Crippen molar-refractivity contribution in [1.82, 2.24) is 24.8 Å². The van der Waals surface area contributed by atoms with Gasteiger partial charge in [0.05, 0.1) is 5.52 Å². The maximum absolute atomic E-state index is 15.1. The first-order valence-corrected chi connectivity index (χ1v) is 11.1. The first kappa shape index (κ1) is 21.2. The van der Waals surface area contributed by atoms with E-state index < -0.39 is 5.82 Å². The van der Waals surface area contributed by atoms with Crippen LogP contribution >= 0.6 is 0 Å². The Balaban J connectivity index is 1.35. The maximum atomic E-state index is 15.1. The monoisotopic (exact) mass is 444 g/mol. The summed E-state index contributed by atoms with van der Waals surface area (Å²) in [5.41, 5.74) is 4.68. The molecule has 5 rings (SSSR count). The van der Waals surface area contributed by atoms with Gasteiger partial charge < -0.3 is 10.3 Å². The van der Waals surface area contributed by atoms with E-state index in [0.29, 0.717) is 36.2 Å². The van der Waals surface area contributed by atoms with E-state index in [1.165, 1.54) is 5.57 Å². The molecule has 0 fully saturated rings. The fourth-order valence-electron chi connectivity index (χ4n) is 4.34. The van der Waals surface area contributed by atoms with Gasteiger partial charge in [0.15, 0.2) is 11.6 Å². The number of hydrogen-bond donors (Lipinski definition) is 2.